The summed E-state index contributed by atoms with van der Waals surface area (Å²) in [6.45, 7) is 0. The molecule has 2 aliphatic rings. The molecule has 166 valence electrons. The highest BCUT2D eigenvalue weighted by Gasteiger charge is 2.48. The molecule has 5 rings (SSSR count). The first kappa shape index (κ1) is 20.8. The Hall–Kier alpha value is -3.04. The van der Waals surface area contributed by atoms with Gasteiger partial charge in [0.25, 0.3) is 5.91 Å². The predicted molar refractivity (Wildman–Crippen MR) is 119 cm³/mol. The van der Waals surface area contributed by atoms with Gasteiger partial charge in [-0.1, -0.05) is 23.7 Å². The topological polar surface area (TPSA) is 113 Å². The minimum atomic E-state index is -3.22. The van der Waals surface area contributed by atoms with Gasteiger partial charge < -0.3 is 14.7 Å². The summed E-state index contributed by atoms with van der Waals surface area (Å²) in [4.78, 5) is 15.1. The maximum atomic E-state index is 13.5. The lowest BCUT2D eigenvalue weighted by molar-refractivity contribution is 0.0677. The quantitative estimate of drug-likeness (QED) is 0.601. The number of fused-ring (bicyclic) bond motifs is 1. The molecule has 2 N–H and O–H groups in total. The number of H-pyrrole nitrogens is 1. The van der Waals surface area contributed by atoms with E-state index in [0.717, 1.165) is 5.56 Å². The molecule has 3 heterocycles. The Morgan fingerprint density at radius 2 is 2.06 bits per heavy atom. The fraction of sp³-hybridized carbons (Fsp3) is 0.273. The van der Waals surface area contributed by atoms with Gasteiger partial charge >= 0.3 is 0 Å². The molecule has 1 amide bonds. The number of aromatic amines is 1. The minimum absolute atomic E-state index is 0.0255. The maximum absolute atomic E-state index is 13.5. The van der Waals surface area contributed by atoms with Crippen molar-refractivity contribution in [2.75, 3.05) is 18.6 Å². The molecule has 1 fully saturated rings. The van der Waals surface area contributed by atoms with E-state index < -0.39 is 21.9 Å². The molecule has 0 radical (unpaired) electrons. The highest BCUT2D eigenvalue weighted by Crippen LogP contribution is 2.47. The Bertz CT molecular complexity index is 1340. The van der Waals surface area contributed by atoms with Crippen LogP contribution in [0.5, 0.6) is 11.5 Å². The molecule has 3 aromatic rings. The number of halogens is 1. The van der Waals surface area contributed by atoms with Gasteiger partial charge in [-0.3, -0.25) is 9.89 Å². The highest BCUT2D eigenvalue weighted by atomic mass is 35.5. The van der Waals surface area contributed by atoms with Crippen LogP contribution in [-0.4, -0.2) is 59.2 Å². The number of rotatable bonds is 4. The number of phenols is 1. The van der Waals surface area contributed by atoms with Crippen LogP contribution in [-0.2, 0) is 9.84 Å². The molecule has 2 aromatic carbocycles. The van der Waals surface area contributed by atoms with Crippen molar-refractivity contribution in [2.45, 2.75) is 18.5 Å². The van der Waals surface area contributed by atoms with Crippen molar-refractivity contribution in [3.63, 3.8) is 0 Å². The van der Waals surface area contributed by atoms with Crippen LogP contribution < -0.4 is 4.74 Å². The number of phenolic OH excluding ortho intramolecular Hbond substituents is 1. The van der Waals surface area contributed by atoms with Gasteiger partial charge in [0, 0.05) is 22.2 Å². The highest BCUT2D eigenvalue weighted by molar-refractivity contribution is 7.91. The average molecular weight is 474 g/mol. The number of hydrogen-bond donors (Lipinski definition) is 2. The van der Waals surface area contributed by atoms with Gasteiger partial charge in [-0.15, -0.1) is 0 Å². The third-order valence-electron chi connectivity index (χ3n) is 6.03. The first-order valence-corrected chi connectivity index (χ1v) is 12.2. The number of carbonyl (C=O) groups excluding carboxylic acids is 1. The lowest BCUT2D eigenvalue weighted by atomic mass is 9.95. The van der Waals surface area contributed by atoms with Crippen LogP contribution in [0, 0.1) is 0 Å². The summed E-state index contributed by atoms with van der Waals surface area (Å²) >= 11 is 6.16. The molecule has 32 heavy (non-hydrogen) atoms. The first-order valence-electron chi connectivity index (χ1n) is 10.0. The fourth-order valence-corrected chi connectivity index (χ4v) is 6.46. The summed E-state index contributed by atoms with van der Waals surface area (Å²) in [5.41, 5.74) is 2.38. The number of ether oxygens (including phenoxy) is 1. The fourth-order valence-electron chi connectivity index (χ4n) is 4.58. The van der Waals surface area contributed by atoms with Crippen molar-refractivity contribution in [1.82, 2.24) is 15.1 Å². The van der Waals surface area contributed by atoms with Crippen molar-refractivity contribution >= 4 is 27.3 Å². The lowest BCUT2D eigenvalue weighted by Crippen LogP contribution is -2.40. The number of carbonyl (C=O) groups is 1. The molecule has 2 unspecified atom stereocenters. The SMILES string of the molecule is COc1cccc(C2c3c(-c4cc(Cl)ccc4O)n[nH]c3C(=O)N2C2CCS(=O)(=O)C2)c1. The Morgan fingerprint density at radius 1 is 1.25 bits per heavy atom. The van der Waals surface area contributed by atoms with Gasteiger partial charge in [-0.25, -0.2) is 8.42 Å². The van der Waals surface area contributed by atoms with Gasteiger partial charge in [0.2, 0.25) is 0 Å². The standard InChI is InChI=1S/C22H20ClN3O5S/c1-31-15-4-2-3-12(9-15)21-18-19(16-10-13(23)5-6-17(16)27)24-25-20(18)22(28)26(21)14-7-8-32(29,30)11-14/h2-6,9-10,14,21,27H,7-8,11H2,1H3,(H,24,25). The smallest absolute Gasteiger partial charge is 0.273 e. The van der Waals surface area contributed by atoms with Crippen molar-refractivity contribution in [3.05, 3.63) is 64.3 Å². The first-order chi connectivity index (χ1) is 15.3. The van der Waals surface area contributed by atoms with Crippen LogP contribution in [0.15, 0.2) is 42.5 Å². The van der Waals surface area contributed by atoms with Crippen molar-refractivity contribution in [3.8, 4) is 22.8 Å². The molecule has 0 spiro atoms. The van der Waals surface area contributed by atoms with E-state index in [1.54, 1.807) is 30.2 Å². The number of sulfone groups is 1. The van der Waals surface area contributed by atoms with E-state index in [9.17, 15) is 18.3 Å². The largest absolute Gasteiger partial charge is 0.507 e. The van der Waals surface area contributed by atoms with Crippen LogP contribution in [0.4, 0.5) is 0 Å². The number of nitrogens with zero attached hydrogens (tertiary/aromatic N) is 2. The van der Waals surface area contributed by atoms with E-state index in [0.29, 0.717) is 34.0 Å². The third-order valence-corrected chi connectivity index (χ3v) is 8.01. The van der Waals surface area contributed by atoms with Gasteiger partial charge in [0.1, 0.15) is 22.9 Å². The normalized spacial score (nSPS) is 21.7. The molecular weight excluding hydrogens is 454 g/mol. The van der Waals surface area contributed by atoms with Gasteiger partial charge in [-0.2, -0.15) is 5.10 Å². The number of benzene rings is 2. The lowest BCUT2D eigenvalue weighted by Gasteiger charge is -2.31. The Morgan fingerprint density at radius 3 is 2.78 bits per heavy atom. The maximum Gasteiger partial charge on any atom is 0.273 e. The number of amides is 1. The second-order valence-corrected chi connectivity index (χ2v) is 10.6. The monoisotopic (exact) mass is 473 g/mol. The zero-order chi connectivity index (χ0) is 22.6. The minimum Gasteiger partial charge on any atom is -0.507 e. The second kappa shape index (κ2) is 7.53. The predicted octanol–water partition coefficient (Wildman–Crippen LogP) is 3.18. The van der Waals surface area contributed by atoms with Crippen molar-refractivity contribution in [2.24, 2.45) is 0 Å². The molecular formula is C22H20ClN3O5S. The van der Waals surface area contributed by atoms with Crippen molar-refractivity contribution in [1.29, 1.82) is 0 Å². The summed E-state index contributed by atoms with van der Waals surface area (Å²) < 4.78 is 29.8. The van der Waals surface area contributed by atoms with Crippen LogP contribution in [0.1, 0.15) is 34.1 Å². The summed E-state index contributed by atoms with van der Waals surface area (Å²) in [6.07, 6.45) is 0.365. The third kappa shape index (κ3) is 3.32. The van der Waals surface area contributed by atoms with Crippen LogP contribution in [0.3, 0.4) is 0 Å². The van der Waals surface area contributed by atoms with Crippen molar-refractivity contribution < 1.29 is 23.1 Å². The van der Waals surface area contributed by atoms with Crippen LogP contribution in [0.25, 0.3) is 11.3 Å². The summed E-state index contributed by atoms with van der Waals surface area (Å²) in [7, 11) is -1.67. The van der Waals surface area contributed by atoms with E-state index in [1.165, 1.54) is 6.07 Å². The number of aromatic hydroxyl groups is 1. The van der Waals surface area contributed by atoms with E-state index in [2.05, 4.69) is 10.2 Å². The van der Waals surface area contributed by atoms with Gasteiger partial charge in [0.15, 0.2) is 9.84 Å². The Balaban J connectivity index is 1.71. The molecule has 2 atom stereocenters. The Kier molecular flexibility index (Phi) is 4.90. The molecule has 1 saturated heterocycles. The van der Waals surface area contributed by atoms with E-state index in [-0.39, 0.29) is 28.9 Å². The summed E-state index contributed by atoms with van der Waals surface area (Å²) in [5.74, 6) is 0.213. The van der Waals surface area contributed by atoms with E-state index >= 15 is 0 Å². The molecule has 0 bridgehead atoms. The number of aromatic nitrogens is 2. The molecule has 8 nitrogen and oxygen atoms in total. The van der Waals surface area contributed by atoms with E-state index in [4.69, 9.17) is 16.3 Å². The summed E-state index contributed by atoms with van der Waals surface area (Å²) in [5, 5.41) is 18.0. The molecule has 2 aliphatic heterocycles. The number of methoxy groups -OCH3 is 1. The van der Waals surface area contributed by atoms with E-state index in [1.807, 2.05) is 18.2 Å². The molecule has 0 aliphatic carbocycles. The number of hydrogen-bond acceptors (Lipinski definition) is 6. The van der Waals surface area contributed by atoms with Crippen LogP contribution >= 0.6 is 11.6 Å². The molecule has 0 saturated carbocycles. The zero-order valence-electron chi connectivity index (χ0n) is 17.1. The zero-order valence-corrected chi connectivity index (χ0v) is 18.7. The summed E-state index contributed by atoms with van der Waals surface area (Å²) in [6, 6.07) is 10.8. The molecule has 1 aromatic heterocycles. The number of nitrogens with one attached hydrogen (secondary N) is 1. The van der Waals surface area contributed by atoms with Crippen LogP contribution in [0.2, 0.25) is 5.02 Å². The Labute approximate surface area is 189 Å². The van der Waals surface area contributed by atoms with Gasteiger partial charge in [-0.05, 0) is 42.3 Å². The van der Waals surface area contributed by atoms with Gasteiger partial charge in [0.05, 0.1) is 24.7 Å². The molecule has 10 heteroatoms. The second-order valence-electron chi connectivity index (χ2n) is 7.97. The average Bonchev–Trinajstić information content (AvgIpc) is 3.43.